The molecule has 3 amide bonds. The SMILES string of the molecule is CCN1C[C@@H](NC(=O)Nc2c(C)c(-c3cnc(OC)c(C(=O)NC4CCOCC4)c3)nn2-c2ccccc2)[C@H](C)O1. The first-order valence-corrected chi connectivity index (χ1v) is 13.9. The van der Waals surface area contributed by atoms with Crippen LogP contribution in [0.2, 0.25) is 0 Å². The maximum absolute atomic E-state index is 13.3. The third kappa shape index (κ3) is 6.34. The Morgan fingerprint density at radius 1 is 1.15 bits per heavy atom. The maximum atomic E-state index is 13.3. The second-order valence-electron chi connectivity index (χ2n) is 10.2. The molecule has 2 aliphatic rings. The molecular weight excluding hydrogens is 526 g/mol. The molecule has 41 heavy (non-hydrogen) atoms. The highest BCUT2D eigenvalue weighted by molar-refractivity contribution is 5.98. The quantitative estimate of drug-likeness (QED) is 0.381. The summed E-state index contributed by atoms with van der Waals surface area (Å²) in [4.78, 5) is 36.6. The molecule has 2 aliphatic heterocycles. The Morgan fingerprint density at radius 3 is 2.59 bits per heavy atom. The number of pyridine rings is 1. The van der Waals surface area contributed by atoms with Crippen LogP contribution in [-0.2, 0) is 9.57 Å². The molecule has 3 aromatic rings. The molecular formula is C29H37N7O5. The number of ether oxygens (including phenoxy) is 2. The zero-order valence-corrected chi connectivity index (χ0v) is 23.8. The summed E-state index contributed by atoms with van der Waals surface area (Å²) in [5.74, 6) is 0.465. The van der Waals surface area contributed by atoms with E-state index < -0.39 is 0 Å². The molecule has 2 fully saturated rings. The number of methoxy groups -OCH3 is 1. The van der Waals surface area contributed by atoms with E-state index in [-0.39, 0.29) is 36.0 Å². The second-order valence-corrected chi connectivity index (χ2v) is 10.2. The summed E-state index contributed by atoms with van der Waals surface area (Å²) in [7, 11) is 1.49. The molecule has 2 atom stereocenters. The highest BCUT2D eigenvalue weighted by Gasteiger charge is 2.32. The van der Waals surface area contributed by atoms with E-state index in [1.165, 1.54) is 7.11 Å². The summed E-state index contributed by atoms with van der Waals surface area (Å²) >= 11 is 0. The Morgan fingerprint density at radius 2 is 1.90 bits per heavy atom. The lowest BCUT2D eigenvalue weighted by molar-refractivity contribution is -0.137. The molecule has 12 heteroatoms. The number of carbonyl (C=O) groups is 2. The van der Waals surface area contributed by atoms with E-state index in [0.717, 1.165) is 30.6 Å². The molecule has 2 aromatic heterocycles. The van der Waals surface area contributed by atoms with Crippen molar-refractivity contribution in [3.8, 4) is 22.8 Å². The van der Waals surface area contributed by atoms with Crippen LogP contribution in [0, 0.1) is 6.92 Å². The van der Waals surface area contributed by atoms with Gasteiger partial charge in [0.1, 0.15) is 11.4 Å². The number of likely N-dealkylation sites (N-methyl/N-ethyl adjacent to an activating group) is 1. The predicted molar refractivity (Wildman–Crippen MR) is 153 cm³/mol. The van der Waals surface area contributed by atoms with E-state index in [2.05, 4.69) is 20.9 Å². The van der Waals surface area contributed by atoms with Gasteiger partial charge in [-0.2, -0.15) is 10.2 Å². The van der Waals surface area contributed by atoms with Gasteiger partial charge in [-0.3, -0.25) is 14.9 Å². The van der Waals surface area contributed by atoms with Gasteiger partial charge in [-0.15, -0.1) is 0 Å². The molecule has 0 radical (unpaired) electrons. The van der Waals surface area contributed by atoms with Crippen molar-refractivity contribution in [2.75, 3.05) is 38.7 Å². The van der Waals surface area contributed by atoms with Crippen molar-refractivity contribution in [2.24, 2.45) is 0 Å². The molecule has 218 valence electrons. The Balaban J connectivity index is 1.45. The molecule has 2 saturated heterocycles. The zero-order valence-electron chi connectivity index (χ0n) is 23.8. The average molecular weight is 564 g/mol. The first-order chi connectivity index (χ1) is 19.9. The number of hydroxylamine groups is 2. The summed E-state index contributed by atoms with van der Waals surface area (Å²) in [5.41, 5.74) is 3.00. The Bertz CT molecular complexity index is 1370. The van der Waals surface area contributed by atoms with E-state index in [9.17, 15) is 9.59 Å². The van der Waals surface area contributed by atoms with Crippen molar-refractivity contribution in [3.63, 3.8) is 0 Å². The second kappa shape index (κ2) is 12.7. The van der Waals surface area contributed by atoms with Crippen molar-refractivity contribution in [1.29, 1.82) is 0 Å². The summed E-state index contributed by atoms with van der Waals surface area (Å²) in [5, 5.41) is 15.8. The molecule has 4 heterocycles. The number of hydrogen-bond donors (Lipinski definition) is 3. The van der Waals surface area contributed by atoms with Gasteiger partial charge in [0.05, 0.1) is 30.6 Å². The topological polar surface area (TPSA) is 132 Å². The van der Waals surface area contributed by atoms with E-state index in [4.69, 9.17) is 19.4 Å². The van der Waals surface area contributed by atoms with Crippen molar-refractivity contribution in [2.45, 2.75) is 51.8 Å². The Labute approximate surface area is 239 Å². The largest absolute Gasteiger partial charge is 0.480 e. The number of urea groups is 1. The van der Waals surface area contributed by atoms with Gasteiger partial charge in [0, 0.05) is 49.7 Å². The van der Waals surface area contributed by atoms with Gasteiger partial charge in [-0.05, 0) is 44.9 Å². The molecule has 0 bridgehead atoms. The Kier molecular flexibility index (Phi) is 8.81. The third-order valence-corrected chi connectivity index (χ3v) is 7.43. The summed E-state index contributed by atoms with van der Waals surface area (Å²) in [6.45, 7) is 8.38. The minimum Gasteiger partial charge on any atom is -0.480 e. The lowest BCUT2D eigenvalue weighted by Crippen LogP contribution is -2.44. The third-order valence-electron chi connectivity index (χ3n) is 7.43. The lowest BCUT2D eigenvalue weighted by Gasteiger charge is -2.23. The Hall–Kier alpha value is -4.00. The minimum absolute atomic E-state index is 0.0235. The van der Waals surface area contributed by atoms with Gasteiger partial charge >= 0.3 is 6.03 Å². The number of amides is 3. The van der Waals surface area contributed by atoms with Crippen LogP contribution in [0.15, 0.2) is 42.6 Å². The molecule has 0 saturated carbocycles. The molecule has 0 spiro atoms. The van der Waals surface area contributed by atoms with Crippen molar-refractivity contribution >= 4 is 17.8 Å². The summed E-state index contributed by atoms with van der Waals surface area (Å²) in [6, 6.07) is 10.8. The summed E-state index contributed by atoms with van der Waals surface area (Å²) in [6.07, 6.45) is 2.98. The van der Waals surface area contributed by atoms with Crippen molar-refractivity contribution < 1.29 is 23.9 Å². The van der Waals surface area contributed by atoms with Crippen LogP contribution in [0.3, 0.4) is 0 Å². The molecule has 3 N–H and O–H groups in total. The molecule has 5 rings (SSSR count). The fourth-order valence-corrected chi connectivity index (χ4v) is 5.08. The number of hydrogen-bond acceptors (Lipinski definition) is 8. The standard InChI is InChI=1S/C29H37N7O5/c1-5-35-17-24(19(3)41-35)32-29(38)33-26-18(2)25(34-36(26)22-9-7-6-8-10-22)20-15-23(28(39-4)30-16-20)27(37)31-21-11-13-40-14-12-21/h6-10,15-16,19,21,24H,5,11-14,17H2,1-4H3,(H,31,37)(H2,32,33,38)/t19-,24+/m0/s1. The monoisotopic (exact) mass is 563 g/mol. The number of rotatable bonds is 8. The summed E-state index contributed by atoms with van der Waals surface area (Å²) < 4.78 is 12.5. The van der Waals surface area contributed by atoms with E-state index >= 15 is 0 Å². The molecule has 0 aliphatic carbocycles. The number of nitrogens with one attached hydrogen (secondary N) is 3. The van der Waals surface area contributed by atoms with Crippen LogP contribution >= 0.6 is 0 Å². The number of para-hydroxylation sites is 1. The van der Waals surface area contributed by atoms with Gasteiger partial charge in [0.15, 0.2) is 0 Å². The van der Waals surface area contributed by atoms with Gasteiger partial charge in [0.2, 0.25) is 5.88 Å². The maximum Gasteiger partial charge on any atom is 0.320 e. The minimum atomic E-state index is -0.362. The smallest absolute Gasteiger partial charge is 0.320 e. The number of aromatic nitrogens is 3. The van der Waals surface area contributed by atoms with E-state index in [1.54, 1.807) is 16.9 Å². The molecule has 1 aromatic carbocycles. The van der Waals surface area contributed by atoms with Crippen molar-refractivity contribution in [1.82, 2.24) is 30.5 Å². The van der Waals surface area contributed by atoms with Crippen LogP contribution in [-0.4, -0.2) is 83.4 Å². The fraction of sp³-hybridized carbons (Fsp3) is 0.448. The van der Waals surface area contributed by atoms with Gasteiger partial charge in [-0.25, -0.2) is 14.5 Å². The van der Waals surface area contributed by atoms with Gasteiger partial charge in [-0.1, -0.05) is 25.1 Å². The van der Waals surface area contributed by atoms with Crippen molar-refractivity contribution in [3.05, 3.63) is 53.7 Å². The van der Waals surface area contributed by atoms with E-state index in [1.807, 2.05) is 56.2 Å². The van der Waals surface area contributed by atoms with Crippen LogP contribution < -0.4 is 20.7 Å². The van der Waals surface area contributed by atoms with Crippen LogP contribution in [0.4, 0.5) is 10.6 Å². The first-order valence-electron chi connectivity index (χ1n) is 13.9. The van der Waals surface area contributed by atoms with Crippen LogP contribution in [0.5, 0.6) is 5.88 Å². The fourth-order valence-electron chi connectivity index (χ4n) is 5.08. The highest BCUT2D eigenvalue weighted by Crippen LogP contribution is 2.32. The van der Waals surface area contributed by atoms with Crippen LogP contribution in [0.25, 0.3) is 16.9 Å². The van der Waals surface area contributed by atoms with Crippen LogP contribution in [0.1, 0.15) is 42.6 Å². The highest BCUT2D eigenvalue weighted by atomic mass is 16.7. The normalized spacial score (nSPS) is 19.6. The molecule has 0 unspecified atom stereocenters. The average Bonchev–Trinajstić information content (AvgIpc) is 3.51. The first kappa shape index (κ1) is 28.5. The number of nitrogens with zero attached hydrogens (tertiary/aromatic N) is 4. The molecule has 12 nitrogen and oxygen atoms in total. The van der Waals surface area contributed by atoms with E-state index in [0.29, 0.717) is 42.4 Å². The number of benzene rings is 1. The predicted octanol–water partition coefficient (Wildman–Crippen LogP) is 3.31. The van der Waals surface area contributed by atoms with Gasteiger partial charge < -0.3 is 20.1 Å². The zero-order chi connectivity index (χ0) is 28.9. The van der Waals surface area contributed by atoms with Gasteiger partial charge in [0.25, 0.3) is 5.91 Å². The lowest BCUT2D eigenvalue weighted by atomic mass is 10.1. The number of anilines is 1. The number of carbonyl (C=O) groups excluding carboxylic acids is 2.